The molecule has 0 radical (unpaired) electrons. The molecule has 1 unspecified atom stereocenters. The fraction of sp³-hybridized carbons (Fsp3) is 1.00. The van der Waals surface area contributed by atoms with Crippen LogP contribution in [-0.2, 0) is 9.16 Å². The van der Waals surface area contributed by atoms with E-state index in [9.17, 15) is 0 Å². The topological polar surface area (TPSA) is 79.2 Å². The van der Waals surface area contributed by atoms with Gasteiger partial charge in [0, 0.05) is 7.11 Å². The first-order valence-corrected chi connectivity index (χ1v) is 4.54. The third-order valence-corrected chi connectivity index (χ3v) is 1.48. The van der Waals surface area contributed by atoms with Crippen LogP contribution in [0.4, 0.5) is 0 Å². The van der Waals surface area contributed by atoms with Crippen LogP contribution in [0.5, 0.6) is 0 Å². The second-order valence-corrected chi connectivity index (χ2v) is 3.34. The number of ether oxygens (including phenoxy) is 1. The molecule has 0 fully saturated rings. The number of methoxy groups -OCH3 is 1. The summed E-state index contributed by atoms with van der Waals surface area (Å²) >= 11 is 0. The molecule has 0 aromatic heterocycles. The Morgan fingerprint density at radius 1 is 1.40 bits per heavy atom. The van der Waals surface area contributed by atoms with Gasteiger partial charge in [0.1, 0.15) is 0 Å². The third kappa shape index (κ3) is 6.14. The van der Waals surface area contributed by atoms with Crippen LogP contribution in [0.3, 0.4) is 0 Å². The second-order valence-electron chi connectivity index (χ2n) is 1.96. The van der Waals surface area contributed by atoms with Gasteiger partial charge in [-0.3, -0.25) is 0 Å². The maximum Gasteiger partial charge on any atom is 0.671 e. The first-order chi connectivity index (χ1) is 4.45. The zero-order chi connectivity index (χ0) is 8.20. The molecular weight excluding hydrogens is 156 g/mol. The molecule has 0 aliphatic heterocycles. The van der Waals surface area contributed by atoms with Crippen molar-refractivity contribution >= 4 is 9.05 Å². The van der Waals surface area contributed by atoms with Crippen molar-refractivity contribution in [2.45, 2.75) is 13.0 Å². The van der Waals surface area contributed by atoms with Crippen LogP contribution >= 0.6 is 0 Å². The Bertz CT molecular complexity index is 90.1. The van der Waals surface area contributed by atoms with Gasteiger partial charge in [-0.2, -0.15) is 0 Å². The number of hydrogen-bond acceptors (Lipinski definition) is 5. The van der Waals surface area contributed by atoms with E-state index in [4.69, 9.17) is 14.4 Å². The van der Waals surface area contributed by atoms with Gasteiger partial charge in [-0.25, -0.2) is 0 Å². The molecule has 0 aromatic rings. The molecule has 0 aliphatic carbocycles. The molecule has 0 saturated carbocycles. The molecule has 6 heteroatoms. The lowest BCUT2D eigenvalue weighted by Gasteiger charge is -2.15. The number of rotatable bonds is 4. The van der Waals surface area contributed by atoms with E-state index in [1.54, 1.807) is 6.92 Å². The molecule has 62 valence electrons. The monoisotopic (exact) mass is 168 g/mol. The highest BCUT2D eigenvalue weighted by Crippen LogP contribution is 1.97. The fourth-order valence-corrected chi connectivity index (χ4v) is 1.15. The van der Waals surface area contributed by atoms with Crippen molar-refractivity contribution in [2.75, 3.05) is 13.7 Å². The van der Waals surface area contributed by atoms with Gasteiger partial charge in [-0.05, 0) is 6.92 Å². The average Bonchev–Trinajstić information content (AvgIpc) is 1.59. The molecule has 3 N–H and O–H groups in total. The van der Waals surface area contributed by atoms with E-state index in [0.29, 0.717) is 0 Å². The van der Waals surface area contributed by atoms with Crippen LogP contribution in [0.15, 0.2) is 0 Å². The molecule has 0 amide bonds. The molecule has 5 nitrogen and oxygen atoms in total. The van der Waals surface area contributed by atoms with E-state index in [1.807, 2.05) is 0 Å². The molecule has 0 aromatic carbocycles. The lowest BCUT2D eigenvalue weighted by Crippen LogP contribution is -2.43. The minimum absolute atomic E-state index is 0.219. The minimum Gasteiger partial charge on any atom is -0.382 e. The zero-order valence-corrected chi connectivity index (χ0v) is 6.94. The highest BCUT2D eigenvalue weighted by Gasteiger charge is 2.32. The van der Waals surface area contributed by atoms with Crippen LogP contribution < -0.4 is 0 Å². The largest absolute Gasteiger partial charge is 0.671 e. The van der Waals surface area contributed by atoms with Gasteiger partial charge in [0.25, 0.3) is 0 Å². The minimum atomic E-state index is -4.34. The standard InChI is InChI=1S/C4H12O5Si/c1-4(3-8-2)9-10(5,6)7/h4-7H,3H2,1-2H3. The van der Waals surface area contributed by atoms with Crippen molar-refractivity contribution in [3.05, 3.63) is 0 Å². The van der Waals surface area contributed by atoms with Crippen LogP contribution in [0, 0.1) is 0 Å². The first-order valence-electron chi connectivity index (χ1n) is 2.79. The predicted octanol–water partition coefficient (Wildman–Crippen LogP) is -1.55. The van der Waals surface area contributed by atoms with Crippen molar-refractivity contribution in [3.8, 4) is 0 Å². The van der Waals surface area contributed by atoms with Gasteiger partial charge < -0.3 is 23.5 Å². The summed E-state index contributed by atoms with van der Waals surface area (Å²) in [6.45, 7) is 1.78. The predicted molar refractivity (Wildman–Crippen MR) is 34.8 cm³/mol. The van der Waals surface area contributed by atoms with E-state index >= 15 is 0 Å². The van der Waals surface area contributed by atoms with Gasteiger partial charge in [-0.15, -0.1) is 0 Å². The van der Waals surface area contributed by atoms with Gasteiger partial charge in [0.15, 0.2) is 0 Å². The van der Waals surface area contributed by atoms with Crippen molar-refractivity contribution < 1.29 is 23.5 Å². The van der Waals surface area contributed by atoms with Crippen LogP contribution in [0.25, 0.3) is 0 Å². The summed E-state index contributed by atoms with van der Waals surface area (Å²) < 4.78 is 8.97. The lowest BCUT2D eigenvalue weighted by molar-refractivity contribution is -0.00225. The summed E-state index contributed by atoms with van der Waals surface area (Å²) in [5, 5.41) is 0. The summed E-state index contributed by atoms with van der Waals surface area (Å²) in [6, 6.07) is 0. The SMILES string of the molecule is COCC(C)O[Si](O)(O)O. The quantitative estimate of drug-likeness (QED) is 0.443. The van der Waals surface area contributed by atoms with E-state index in [0.717, 1.165) is 0 Å². The van der Waals surface area contributed by atoms with E-state index in [2.05, 4.69) is 9.16 Å². The van der Waals surface area contributed by atoms with Gasteiger partial charge in [0.2, 0.25) is 0 Å². The van der Waals surface area contributed by atoms with Crippen LogP contribution in [-0.4, -0.2) is 43.3 Å². The normalized spacial score (nSPS) is 15.3. The van der Waals surface area contributed by atoms with Gasteiger partial charge in [-0.1, -0.05) is 0 Å². The first kappa shape index (κ1) is 10.0. The Balaban J connectivity index is 3.47. The Kier molecular flexibility index (Phi) is 4.02. The fourth-order valence-electron chi connectivity index (χ4n) is 0.539. The highest BCUT2D eigenvalue weighted by atomic mass is 28.4. The van der Waals surface area contributed by atoms with Crippen molar-refractivity contribution in [1.29, 1.82) is 0 Å². The molecule has 0 spiro atoms. The molecule has 0 saturated heterocycles. The molecule has 0 rings (SSSR count). The van der Waals surface area contributed by atoms with Crippen LogP contribution in [0.1, 0.15) is 6.92 Å². The van der Waals surface area contributed by atoms with E-state index in [-0.39, 0.29) is 6.61 Å². The summed E-state index contributed by atoms with van der Waals surface area (Å²) in [4.78, 5) is 25.2. The van der Waals surface area contributed by atoms with Crippen molar-refractivity contribution in [2.24, 2.45) is 0 Å². The third-order valence-electron chi connectivity index (χ3n) is 0.761. The van der Waals surface area contributed by atoms with Gasteiger partial charge in [0.05, 0.1) is 12.7 Å². The maximum absolute atomic E-state index is 8.39. The zero-order valence-electron chi connectivity index (χ0n) is 5.94. The Morgan fingerprint density at radius 2 is 1.90 bits per heavy atom. The summed E-state index contributed by atoms with van der Waals surface area (Å²) in [5.74, 6) is 0. The second kappa shape index (κ2) is 4.01. The van der Waals surface area contributed by atoms with E-state index in [1.165, 1.54) is 7.11 Å². The molecule has 0 heterocycles. The summed E-state index contributed by atoms with van der Waals surface area (Å²) in [6.07, 6.45) is -0.503. The van der Waals surface area contributed by atoms with Crippen molar-refractivity contribution in [3.63, 3.8) is 0 Å². The molecule has 0 bridgehead atoms. The van der Waals surface area contributed by atoms with Gasteiger partial charge >= 0.3 is 9.05 Å². The Hall–Kier alpha value is 0.0169. The molecule has 10 heavy (non-hydrogen) atoms. The molecular formula is C4H12O5Si. The highest BCUT2D eigenvalue weighted by molar-refractivity contribution is 6.48. The summed E-state index contributed by atoms with van der Waals surface area (Å²) in [5.41, 5.74) is 0. The summed E-state index contributed by atoms with van der Waals surface area (Å²) in [7, 11) is -2.88. The maximum atomic E-state index is 8.39. The Labute approximate surface area is 60.3 Å². The average molecular weight is 168 g/mol. The Morgan fingerprint density at radius 3 is 2.20 bits per heavy atom. The smallest absolute Gasteiger partial charge is 0.382 e. The van der Waals surface area contributed by atoms with Crippen LogP contribution in [0.2, 0.25) is 0 Å². The molecule has 1 atom stereocenters. The molecule has 0 aliphatic rings. The van der Waals surface area contributed by atoms with Crippen molar-refractivity contribution in [1.82, 2.24) is 0 Å². The number of hydrogen-bond donors (Lipinski definition) is 3. The lowest BCUT2D eigenvalue weighted by atomic mass is 10.5. The van der Waals surface area contributed by atoms with E-state index < -0.39 is 15.2 Å².